The molecule has 0 aliphatic rings. The average molecular weight is 342 g/mol. The number of amides is 1. The Balaban J connectivity index is 1.88. The number of quaternary nitrogens is 1. The van der Waals surface area contributed by atoms with Gasteiger partial charge in [-0.1, -0.05) is 35.3 Å². The van der Waals surface area contributed by atoms with E-state index in [0.717, 1.165) is 10.5 Å². The molecule has 0 aliphatic heterocycles. The van der Waals surface area contributed by atoms with Gasteiger partial charge in [0.05, 0.1) is 12.1 Å². The van der Waals surface area contributed by atoms with Crippen LogP contribution >= 0.6 is 23.2 Å². The normalized spacial score (nSPS) is 12.0. The molecular formula is C16H16Cl2FN2O+. The van der Waals surface area contributed by atoms with E-state index in [2.05, 4.69) is 5.32 Å². The molecule has 6 heteroatoms. The molecule has 0 spiro atoms. The van der Waals surface area contributed by atoms with E-state index in [0.29, 0.717) is 17.3 Å². The summed E-state index contributed by atoms with van der Waals surface area (Å²) in [6, 6.07) is 11.6. The number of hydrogen-bond acceptors (Lipinski definition) is 1. The van der Waals surface area contributed by atoms with Crippen LogP contribution < -0.4 is 10.2 Å². The van der Waals surface area contributed by atoms with E-state index in [1.165, 1.54) is 18.2 Å². The Bertz CT molecular complexity index is 662. The van der Waals surface area contributed by atoms with Crippen molar-refractivity contribution in [2.24, 2.45) is 0 Å². The summed E-state index contributed by atoms with van der Waals surface area (Å²) in [5.41, 5.74) is 1.58. The average Bonchev–Trinajstić information content (AvgIpc) is 2.45. The Morgan fingerprint density at radius 1 is 1.18 bits per heavy atom. The predicted molar refractivity (Wildman–Crippen MR) is 86.9 cm³/mol. The summed E-state index contributed by atoms with van der Waals surface area (Å²) in [6.45, 7) is 0.992. The minimum absolute atomic E-state index is 0.0142. The van der Waals surface area contributed by atoms with Crippen LogP contribution in [0.2, 0.25) is 10.0 Å². The molecule has 22 heavy (non-hydrogen) atoms. The standard InChI is InChI=1S/C16H15Cl2FN2O/c1-21(9-11-2-4-12(17)5-3-11)10-16(22)20-13-6-7-15(19)14(18)8-13/h2-8H,9-10H2,1H3,(H,20,22)/p+1. The lowest BCUT2D eigenvalue weighted by Crippen LogP contribution is -3.08. The maximum atomic E-state index is 13.1. The Morgan fingerprint density at radius 2 is 1.86 bits per heavy atom. The summed E-state index contributed by atoms with van der Waals surface area (Å²) in [4.78, 5) is 13.0. The van der Waals surface area contributed by atoms with Gasteiger partial charge in [0.15, 0.2) is 6.54 Å². The number of rotatable bonds is 5. The van der Waals surface area contributed by atoms with Crippen molar-refractivity contribution < 1.29 is 14.1 Å². The second-order valence-corrected chi connectivity index (χ2v) is 5.96. The zero-order valence-electron chi connectivity index (χ0n) is 12.0. The van der Waals surface area contributed by atoms with Crippen LogP contribution in [0, 0.1) is 5.82 Å². The predicted octanol–water partition coefficient (Wildman–Crippen LogP) is 2.79. The van der Waals surface area contributed by atoms with Crippen molar-refractivity contribution in [2.45, 2.75) is 6.54 Å². The molecule has 0 aromatic heterocycles. The smallest absolute Gasteiger partial charge is 0.279 e. The first-order valence-corrected chi connectivity index (χ1v) is 7.50. The molecule has 0 bridgehead atoms. The van der Waals surface area contributed by atoms with E-state index in [-0.39, 0.29) is 17.5 Å². The van der Waals surface area contributed by atoms with Crippen molar-refractivity contribution in [3.8, 4) is 0 Å². The van der Waals surface area contributed by atoms with Gasteiger partial charge in [-0.2, -0.15) is 0 Å². The lowest BCUT2D eigenvalue weighted by molar-refractivity contribution is -0.885. The molecule has 0 saturated heterocycles. The SMILES string of the molecule is C[NH+](CC(=O)Nc1ccc(F)c(Cl)c1)Cc1ccc(Cl)cc1. The number of nitrogens with one attached hydrogen (secondary N) is 2. The summed E-state index contributed by atoms with van der Waals surface area (Å²) in [5, 5.41) is 3.38. The minimum atomic E-state index is -0.509. The summed E-state index contributed by atoms with van der Waals surface area (Å²) >= 11 is 11.5. The molecule has 0 aliphatic carbocycles. The molecule has 0 heterocycles. The minimum Gasteiger partial charge on any atom is -0.326 e. The van der Waals surface area contributed by atoms with Crippen LogP contribution in [0.1, 0.15) is 5.56 Å². The second-order valence-electron chi connectivity index (χ2n) is 5.11. The molecule has 0 fully saturated rings. The van der Waals surface area contributed by atoms with E-state index in [9.17, 15) is 9.18 Å². The third-order valence-corrected chi connectivity index (χ3v) is 3.63. The summed E-state index contributed by atoms with van der Waals surface area (Å²) in [6.07, 6.45) is 0. The maximum Gasteiger partial charge on any atom is 0.279 e. The number of benzene rings is 2. The molecule has 1 atom stereocenters. The van der Waals surface area contributed by atoms with Crippen molar-refractivity contribution in [1.82, 2.24) is 0 Å². The fourth-order valence-corrected chi connectivity index (χ4v) is 2.37. The van der Waals surface area contributed by atoms with Gasteiger partial charge >= 0.3 is 0 Å². The fourth-order valence-electron chi connectivity index (χ4n) is 2.07. The van der Waals surface area contributed by atoms with Crippen LogP contribution in [0.4, 0.5) is 10.1 Å². The molecular weight excluding hydrogens is 326 g/mol. The fraction of sp³-hybridized carbons (Fsp3) is 0.188. The summed E-state index contributed by atoms with van der Waals surface area (Å²) in [7, 11) is 1.92. The number of anilines is 1. The van der Waals surface area contributed by atoms with Crippen LogP contribution in [0.5, 0.6) is 0 Å². The highest BCUT2D eigenvalue weighted by atomic mass is 35.5. The summed E-state index contributed by atoms with van der Waals surface area (Å²) in [5.74, 6) is -0.667. The zero-order valence-corrected chi connectivity index (χ0v) is 13.5. The van der Waals surface area contributed by atoms with Crippen LogP contribution in [0.15, 0.2) is 42.5 Å². The van der Waals surface area contributed by atoms with Crippen LogP contribution in [0.25, 0.3) is 0 Å². The van der Waals surface area contributed by atoms with Gasteiger partial charge in [-0.3, -0.25) is 4.79 Å². The van der Waals surface area contributed by atoms with Gasteiger partial charge in [0.25, 0.3) is 5.91 Å². The molecule has 2 aromatic carbocycles. The number of carbonyl (C=O) groups excluding carboxylic acids is 1. The van der Waals surface area contributed by atoms with Crippen molar-refractivity contribution in [3.05, 3.63) is 63.9 Å². The zero-order chi connectivity index (χ0) is 16.1. The Morgan fingerprint density at radius 3 is 2.50 bits per heavy atom. The number of hydrogen-bond donors (Lipinski definition) is 2. The second kappa shape index (κ2) is 7.58. The van der Waals surface area contributed by atoms with Crippen molar-refractivity contribution in [2.75, 3.05) is 18.9 Å². The summed E-state index contributed by atoms with van der Waals surface area (Å²) < 4.78 is 13.1. The topological polar surface area (TPSA) is 33.5 Å². The highest BCUT2D eigenvalue weighted by Crippen LogP contribution is 2.19. The molecule has 116 valence electrons. The van der Waals surface area contributed by atoms with Crippen LogP contribution in [0.3, 0.4) is 0 Å². The number of likely N-dealkylation sites (N-methyl/N-ethyl adjacent to an activating group) is 1. The van der Waals surface area contributed by atoms with Gasteiger partial charge in [-0.15, -0.1) is 0 Å². The van der Waals surface area contributed by atoms with E-state index in [1.54, 1.807) is 0 Å². The first kappa shape index (κ1) is 16.7. The molecule has 3 nitrogen and oxygen atoms in total. The van der Waals surface area contributed by atoms with E-state index in [4.69, 9.17) is 23.2 Å². The third-order valence-electron chi connectivity index (χ3n) is 3.08. The third kappa shape index (κ3) is 4.98. The molecule has 2 rings (SSSR count). The lowest BCUT2D eigenvalue weighted by atomic mass is 10.2. The molecule has 1 unspecified atom stereocenters. The monoisotopic (exact) mass is 341 g/mol. The molecule has 0 radical (unpaired) electrons. The van der Waals surface area contributed by atoms with Gasteiger partial charge in [-0.05, 0) is 30.3 Å². The Hall–Kier alpha value is -1.62. The molecule has 2 aromatic rings. The van der Waals surface area contributed by atoms with Crippen molar-refractivity contribution in [3.63, 3.8) is 0 Å². The van der Waals surface area contributed by atoms with Gasteiger partial charge < -0.3 is 10.2 Å². The molecule has 0 saturated carbocycles. The van der Waals surface area contributed by atoms with Crippen LogP contribution in [-0.4, -0.2) is 19.5 Å². The first-order valence-electron chi connectivity index (χ1n) is 6.74. The first-order chi connectivity index (χ1) is 10.4. The van der Waals surface area contributed by atoms with Gasteiger partial charge in [0.1, 0.15) is 12.4 Å². The van der Waals surface area contributed by atoms with Gasteiger partial charge in [0, 0.05) is 16.3 Å². The van der Waals surface area contributed by atoms with E-state index >= 15 is 0 Å². The largest absolute Gasteiger partial charge is 0.326 e. The van der Waals surface area contributed by atoms with E-state index < -0.39 is 5.82 Å². The number of halogens is 3. The Labute approximate surface area is 138 Å². The van der Waals surface area contributed by atoms with Gasteiger partial charge in [-0.25, -0.2) is 4.39 Å². The highest BCUT2D eigenvalue weighted by molar-refractivity contribution is 6.31. The van der Waals surface area contributed by atoms with E-state index in [1.807, 2.05) is 31.3 Å². The Kier molecular flexibility index (Phi) is 5.77. The molecule has 1 amide bonds. The van der Waals surface area contributed by atoms with Crippen LogP contribution in [-0.2, 0) is 11.3 Å². The lowest BCUT2D eigenvalue weighted by Gasteiger charge is -2.14. The maximum absolute atomic E-state index is 13.1. The quantitative estimate of drug-likeness (QED) is 0.861. The highest BCUT2D eigenvalue weighted by Gasteiger charge is 2.11. The van der Waals surface area contributed by atoms with Gasteiger partial charge in [0.2, 0.25) is 0 Å². The van der Waals surface area contributed by atoms with Crippen molar-refractivity contribution in [1.29, 1.82) is 0 Å². The number of carbonyl (C=O) groups is 1. The van der Waals surface area contributed by atoms with Crippen molar-refractivity contribution >= 4 is 34.8 Å². The molecule has 2 N–H and O–H groups in total.